The third-order valence-electron chi connectivity index (χ3n) is 5.05. The second kappa shape index (κ2) is 8.16. The fourth-order valence-electron chi connectivity index (χ4n) is 3.54. The van der Waals surface area contributed by atoms with Gasteiger partial charge in [0.05, 0.1) is 4.92 Å². The average molecular weight is 379 g/mol. The molecule has 1 aliphatic carbocycles. The molecule has 0 radical (unpaired) electrons. The molecule has 2 aromatic heterocycles. The summed E-state index contributed by atoms with van der Waals surface area (Å²) in [5.74, 6) is 1.32. The number of rotatable bonds is 6. The first kappa shape index (κ1) is 18.1. The van der Waals surface area contributed by atoms with Crippen LogP contribution in [-0.2, 0) is 6.54 Å². The number of hydrogen-bond acceptors (Lipinski definition) is 7. The van der Waals surface area contributed by atoms with Crippen molar-refractivity contribution in [1.82, 2.24) is 15.1 Å². The van der Waals surface area contributed by atoms with Crippen LogP contribution in [0.15, 0.2) is 47.2 Å². The Morgan fingerprint density at radius 1 is 1.21 bits per heavy atom. The van der Waals surface area contributed by atoms with Crippen LogP contribution in [0.2, 0.25) is 0 Å². The molecule has 0 unspecified atom stereocenters. The van der Waals surface area contributed by atoms with E-state index in [4.69, 9.17) is 4.52 Å². The van der Waals surface area contributed by atoms with Gasteiger partial charge in [-0.1, -0.05) is 30.5 Å². The monoisotopic (exact) mass is 379 g/mol. The predicted molar refractivity (Wildman–Crippen MR) is 104 cm³/mol. The normalized spacial score (nSPS) is 14.7. The maximum atomic E-state index is 11.6. The summed E-state index contributed by atoms with van der Waals surface area (Å²) in [6.07, 6.45) is 9.11. The van der Waals surface area contributed by atoms with Crippen molar-refractivity contribution in [2.24, 2.45) is 0 Å². The molecule has 0 aliphatic heterocycles. The molecule has 0 bridgehead atoms. The van der Waals surface area contributed by atoms with Gasteiger partial charge >= 0.3 is 0 Å². The zero-order chi connectivity index (χ0) is 19.3. The molecule has 28 heavy (non-hydrogen) atoms. The summed E-state index contributed by atoms with van der Waals surface area (Å²) in [6, 6.07) is 8.68. The van der Waals surface area contributed by atoms with Crippen LogP contribution in [0.3, 0.4) is 0 Å². The van der Waals surface area contributed by atoms with E-state index in [-0.39, 0.29) is 5.69 Å². The maximum absolute atomic E-state index is 11.6. The zero-order valence-electron chi connectivity index (χ0n) is 15.4. The Balaban J connectivity index is 1.54. The Kier molecular flexibility index (Phi) is 5.27. The molecular weight excluding hydrogens is 358 g/mol. The minimum atomic E-state index is -0.406. The van der Waals surface area contributed by atoms with Gasteiger partial charge in [-0.25, -0.2) is 0 Å². The van der Waals surface area contributed by atoms with Gasteiger partial charge in [0.25, 0.3) is 5.69 Å². The maximum Gasteiger partial charge on any atom is 0.293 e. The zero-order valence-corrected chi connectivity index (χ0v) is 15.4. The Labute approximate surface area is 162 Å². The summed E-state index contributed by atoms with van der Waals surface area (Å²) < 4.78 is 5.44. The summed E-state index contributed by atoms with van der Waals surface area (Å²) in [4.78, 5) is 19.7. The summed E-state index contributed by atoms with van der Waals surface area (Å²) in [5, 5.41) is 18.7. The third-order valence-corrected chi connectivity index (χ3v) is 5.05. The molecule has 0 saturated heterocycles. The van der Waals surface area contributed by atoms with E-state index >= 15 is 0 Å². The van der Waals surface area contributed by atoms with E-state index in [0.29, 0.717) is 35.4 Å². The first-order chi connectivity index (χ1) is 13.7. The van der Waals surface area contributed by atoms with Gasteiger partial charge < -0.3 is 9.84 Å². The van der Waals surface area contributed by atoms with Gasteiger partial charge in [0.1, 0.15) is 5.69 Å². The van der Waals surface area contributed by atoms with Crippen molar-refractivity contribution in [3.05, 3.63) is 64.3 Å². The van der Waals surface area contributed by atoms with Crippen molar-refractivity contribution in [1.29, 1.82) is 0 Å². The second-order valence-corrected chi connectivity index (χ2v) is 7.00. The van der Waals surface area contributed by atoms with Crippen LogP contribution in [-0.4, -0.2) is 20.0 Å². The van der Waals surface area contributed by atoms with E-state index in [0.717, 1.165) is 18.4 Å². The molecule has 0 atom stereocenters. The summed E-state index contributed by atoms with van der Waals surface area (Å²) in [6.45, 7) is 0.446. The molecule has 1 fully saturated rings. The molecule has 144 valence electrons. The van der Waals surface area contributed by atoms with Gasteiger partial charge in [-0.3, -0.25) is 15.1 Å². The summed E-state index contributed by atoms with van der Waals surface area (Å²) in [5.41, 5.74) is 1.93. The Bertz CT molecular complexity index is 951. The van der Waals surface area contributed by atoms with Crippen LogP contribution in [0, 0.1) is 10.1 Å². The lowest BCUT2D eigenvalue weighted by molar-refractivity contribution is -0.383. The minimum absolute atomic E-state index is 0.0228. The highest BCUT2D eigenvalue weighted by Crippen LogP contribution is 2.34. The van der Waals surface area contributed by atoms with Gasteiger partial charge in [-0.05, 0) is 36.6 Å². The highest BCUT2D eigenvalue weighted by molar-refractivity contribution is 5.70. The smallest absolute Gasteiger partial charge is 0.293 e. The van der Waals surface area contributed by atoms with Crippen molar-refractivity contribution < 1.29 is 9.45 Å². The number of benzene rings is 1. The van der Waals surface area contributed by atoms with E-state index in [9.17, 15) is 10.1 Å². The van der Waals surface area contributed by atoms with Gasteiger partial charge in [0.2, 0.25) is 11.7 Å². The molecule has 2 heterocycles. The van der Waals surface area contributed by atoms with E-state index < -0.39 is 4.92 Å². The van der Waals surface area contributed by atoms with E-state index in [2.05, 4.69) is 20.4 Å². The number of nitrogens with zero attached hydrogens (tertiary/aromatic N) is 4. The van der Waals surface area contributed by atoms with Crippen molar-refractivity contribution in [2.75, 3.05) is 5.32 Å². The molecule has 8 nitrogen and oxygen atoms in total. The van der Waals surface area contributed by atoms with E-state index in [1.165, 1.54) is 25.3 Å². The van der Waals surface area contributed by atoms with Crippen LogP contribution in [0.1, 0.15) is 49.5 Å². The number of hydrogen-bond donors (Lipinski definition) is 1. The van der Waals surface area contributed by atoms with E-state index in [1.807, 2.05) is 12.1 Å². The fourth-order valence-corrected chi connectivity index (χ4v) is 3.54. The quantitative estimate of drug-likeness (QED) is 0.488. The molecule has 1 saturated carbocycles. The summed E-state index contributed by atoms with van der Waals surface area (Å²) in [7, 11) is 0. The number of nitro benzene ring substituents is 1. The Morgan fingerprint density at radius 3 is 2.82 bits per heavy atom. The topological polar surface area (TPSA) is 107 Å². The fraction of sp³-hybridized carbons (Fsp3) is 0.350. The second-order valence-electron chi connectivity index (χ2n) is 7.00. The Hall–Kier alpha value is -3.29. The van der Waals surface area contributed by atoms with Gasteiger partial charge in [0, 0.05) is 36.5 Å². The van der Waals surface area contributed by atoms with Gasteiger partial charge in [0.15, 0.2) is 0 Å². The Morgan fingerprint density at radius 2 is 2.07 bits per heavy atom. The van der Waals surface area contributed by atoms with Crippen LogP contribution in [0.5, 0.6) is 0 Å². The lowest BCUT2D eigenvalue weighted by Crippen LogP contribution is -2.04. The van der Waals surface area contributed by atoms with E-state index in [1.54, 1.807) is 24.5 Å². The standard InChI is InChI=1S/C20H21N5O3/c26-25(27)18-11-16(8-9-17(18)22-13-14-5-4-10-21-12-14)19-23-20(28-24-19)15-6-2-1-3-7-15/h4-5,8-12,15,22H,1-3,6-7,13H2. The number of pyridine rings is 1. The van der Waals surface area contributed by atoms with Crippen molar-refractivity contribution >= 4 is 11.4 Å². The molecule has 4 rings (SSSR count). The van der Waals surface area contributed by atoms with Gasteiger partial charge in [-0.2, -0.15) is 4.98 Å². The third kappa shape index (κ3) is 4.00. The molecule has 8 heteroatoms. The molecule has 0 spiro atoms. The largest absolute Gasteiger partial charge is 0.375 e. The number of anilines is 1. The van der Waals surface area contributed by atoms with Crippen LogP contribution in [0.25, 0.3) is 11.4 Å². The molecule has 3 aromatic rings. The van der Waals surface area contributed by atoms with Crippen LogP contribution >= 0.6 is 0 Å². The molecule has 1 aromatic carbocycles. The molecule has 0 amide bonds. The molecular formula is C20H21N5O3. The van der Waals surface area contributed by atoms with Crippen molar-refractivity contribution in [3.8, 4) is 11.4 Å². The van der Waals surface area contributed by atoms with Crippen molar-refractivity contribution in [3.63, 3.8) is 0 Å². The van der Waals surface area contributed by atoms with Crippen LogP contribution in [0.4, 0.5) is 11.4 Å². The lowest BCUT2D eigenvalue weighted by Gasteiger charge is -2.17. The number of aromatic nitrogens is 3. The van der Waals surface area contributed by atoms with Crippen LogP contribution < -0.4 is 5.32 Å². The highest BCUT2D eigenvalue weighted by Gasteiger charge is 2.23. The average Bonchev–Trinajstić information content (AvgIpc) is 3.24. The summed E-state index contributed by atoms with van der Waals surface area (Å²) >= 11 is 0. The predicted octanol–water partition coefficient (Wildman–Crippen LogP) is 4.70. The molecule has 1 N–H and O–H groups in total. The van der Waals surface area contributed by atoms with Gasteiger partial charge in [-0.15, -0.1) is 0 Å². The number of nitrogens with one attached hydrogen (secondary N) is 1. The SMILES string of the molecule is O=[N+]([O-])c1cc(-c2noc(C3CCCCC3)n2)ccc1NCc1cccnc1. The van der Waals surface area contributed by atoms with Crippen molar-refractivity contribution in [2.45, 2.75) is 44.6 Å². The highest BCUT2D eigenvalue weighted by atomic mass is 16.6. The first-order valence-corrected chi connectivity index (χ1v) is 9.46. The lowest BCUT2D eigenvalue weighted by atomic mass is 9.89. The molecule has 1 aliphatic rings. The first-order valence-electron chi connectivity index (χ1n) is 9.46. The minimum Gasteiger partial charge on any atom is -0.375 e. The number of nitro groups is 1.